The van der Waals surface area contributed by atoms with Gasteiger partial charge in [-0.05, 0) is 32.0 Å². The largest absolute Gasteiger partial charge is 0.484 e. The van der Waals surface area contributed by atoms with Gasteiger partial charge in [0.25, 0.3) is 0 Å². The van der Waals surface area contributed by atoms with Crippen molar-refractivity contribution in [2.24, 2.45) is 0 Å². The van der Waals surface area contributed by atoms with Crippen LogP contribution < -0.4 is 14.4 Å². The Hall–Kier alpha value is -1.86. The molecular weight excluding hydrogens is 304 g/mol. The second-order valence-electron chi connectivity index (χ2n) is 5.74. The number of anilines is 1. The summed E-state index contributed by atoms with van der Waals surface area (Å²) < 4.78 is 32.6. The highest BCUT2D eigenvalue weighted by Crippen LogP contribution is 2.38. The molecule has 1 amide bonds. The molecule has 0 atom stereocenters. The van der Waals surface area contributed by atoms with Crippen LogP contribution in [0, 0.1) is 0 Å². The van der Waals surface area contributed by atoms with E-state index in [0.717, 1.165) is 0 Å². The van der Waals surface area contributed by atoms with E-state index >= 15 is 0 Å². The number of benzene rings is 1. The van der Waals surface area contributed by atoms with Gasteiger partial charge >= 0.3 is 0 Å². The molecule has 0 aromatic heterocycles. The number of fused-ring (bicyclic) bond motifs is 1. The maximum Gasteiger partial charge on any atom is 0.240 e. The SMILES string of the molecule is C=CCNS(=O)(=O)c1ccc2c(c1)N(C(C)=O)CC(C)(C)O2. The summed E-state index contributed by atoms with van der Waals surface area (Å²) in [5.41, 5.74) is -0.0616. The molecule has 1 aromatic carbocycles. The molecule has 1 aromatic rings. The van der Waals surface area contributed by atoms with E-state index in [1.165, 1.54) is 30.0 Å². The number of sulfonamides is 1. The van der Waals surface area contributed by atoms with E-state index in [1.54, 1.807) is 6.07 Å². The van der Waals surface area contributed by atoms with Crippen LogP contribution in [0.15, 0.2) is 35.7 Å². The minimum atomic E-state index is -3.65. The van der Waals surface area contributed by atoms with Gasteiger partial charge in [-0.15, -0.1) is 6.58 Å². The molecule has 0 radical (unpaired) electrons. The molecule has 2 rings (SSSR count). The molecule has 0 fully saturated rings. The third-order valence-electron chi connectivity index (χ3n) is 3.25. The van der Waals surface area contributed by atoms with Gasteiger partial charge in [-0.3, -0.25) is 4.79 Å². The minimum Gasteiger partial charge on any atom is -0.484 e. The summed E-state index contributed by atoms with van der Waals surface area (Å²) in [5, 5.41) is 0. The van der Waals surface area contributed by atoms with Crippen molar-refractivity contribution in [2.75, 3.05) is 18.0 Å². The average Bonchev–Trinajstić information content (AvgIpc) is 2.42. The summed E-state index contributed by atoms with van der Waals surface area (Å²) in [6.07, 6.45) is 1.46. The third kappa shape index (κ3) is 3.31. The number of hydrogen-bond acceptors (Lipinski definition) is 4. The number of carbonyl (C=O) groups excluding carboxylic acids is 1. The van der Waals surface area contributed by atoms with Gasteiger partial charge in [-0.25, -0.2) is 13.1 Å². The molecule has 1 aliphatic heterocycles. The molecule has 1 aliphatic rings. The molecule has 0 spiro atoms. The molecule has 0 bridgehead atoms. The zero-order valence-electron chi connectivity index (χ0n) is 12.9. The molecule has 7 heteroatoms. The fourth-order valence-electron chi connectivity index (χ4n) is 2.29. The second kappa shape index (κ2) is 5.73. The molecule has 1 N–H and O–H groups in total. The van der Waals surface area contributed by atoms with E-state index in [2.05, 4.69) is 11.3 Å². The molecule has 120 valence electrons. The maximum atomic E-state index is 12.2. The summed E-state index contributed by atoms with van der Waals surface area (Å²) in [7, 11) is -3.65. The van der Waals surface area contributed by atoms with Gasteiger partial charge in [0.05, 0.1) is 17.1 Å². The third-order valence-corrected chi connectivity index (χ3v) is 4.68. The first kappa shape index (κ1) is 16.5. The van der Waals surface area contributed by atoms with E-state index in [1.807, 2.05) is 13.8 Å². The quantitative estimate of drug-likeness (QED) is 0.855. The zero-order valence-corrected chi connectivity index (χ0v) is 13.7. The Morgan fingerprint density at radius 3 is 2.77 bits per heavy atom. The molecule has 1 heterocycles. The highest BCUT2D eigenvalue weighted by molar-refractivity contribution is 7.89. The zero-order chi connectivity index (χ0) is 16.5. The lowest BCUT2D eigenvalue weighted by Gasteiger charge is -2.39. The maximum absolute atomic E-state index is 12.2. The lowest BCUT2D eigenvalue weighted by Crippen LogP contribution is -2.48. The Balaban J connectivity index is 2.48. The van der Waals surface area contributed by atoms with Crippen LogP contribution in [0.3, 0.4) is 0 Å². The van der Waals surface area contributed by atoms with Gasteiger partial charge in [0.1, 0.15) is 11.4 Å². The molecule has 0 unspecified atom stereocenters. The highest BCUT2D eigenvalue weighted by Gasteiger charge is 2.34. The Bertz CT molecular complexity index is 710. The van der Waals surface area contributed by atoms with Crippen LogP contribution in [-0.4, -0.2) is 33.0 Å². The lowest BCUT2D eigenvalue weighted by atomic mass is 10.1. The molecule has 0 aliphatic carbocycles. The van der Waals surface area contributed by atoms with Crippen LogP contribution in [-0.2, 0) is 14.8 Å². The summed E-state index contributed by atoms with van der Waals surface area (Å²) in [4.78, 5) is 13.5. The first-order valence-electron chi connectivity index (χ1n) is 6.88. The van der Waals surface area contributed by atoms with Crippen LogP contribution in [0.2, 0.25) is 0 Å². The predicted octanol–water partition coefficient (Wildman–Crippen LogP) is 1.67. The Morgan fingerprint density at radius 2 is 2.18 bits per heavy atom. The van der Waals surface area contributed by atoms with E-state index in [9.17, 15) is 13.2 Å². The van der Waals surface area contributed by atoms with Gasteiger partial charge in [0.2, 0.25) is 15.9 Å². The predicted molar refractivity (Wildman–Crippen MR) is 84.6 cm³/mol. The van der Waals surface area contributed by atoms with Gasteiger partial charge < -0.3 is 9.64 Å². The highest BCUT2D eigenvalue weighted by atomic mass is 32.2. The van der Waals surface area contributed by atoms with Gasteiger partial charge in [-0.1, -0.05) is 6.08 Å². The van der Waals surface area contributed by atoms with Crippen LogP contribution >= 0.6 is 0 Å². The smallest absolute Gasteiger partial charge is 0.240 e. The van der Waals surface area contributed by atoms with E-state index in [0.29, 0.717) is 18.0 Å². The van der Waals surface area contributed by atoms with Crippen molar-refractivity contribution in [3.05, 3.63) is 30.9 Å². The lowest BCUT2D eigenvalue weighted by molar-refractivity contribution is -0.117. The Labute approximate surface area is 130 Å². The van der Waals surface area contributed by atoms with Crippen molar-refractivity contribution in [1.29, 1.82) is 0 Å². The Morgan fingerprint density at radius 1 is 1.50 bits per heavy atom. The molecule has 6 nitrogen and oxygen atoms in total. The molecular formula is C15H20N2O4S. The topological polar surface area (TPSA) is 75.7 Å². The number of rotatable bonds is 4. The van der Waals surface area contributed by atoms with Crippen molar-refractivity contribution < 1.29 is 17.9 Å². The van der Waals surface area contributed by atoms with Gasteiger partial charge in [0, 0.05) is 13.5 Å². The minimum absolute atomic E-state index is 0.0858. The van der Waals surface area contributed by atoms with Gasteiger partial charge in [0.15, 0.2) is 0 Å². The summed E-state index contributed by atoms with van der Waals surface area (Å²) in [5.74, 6) is 0.334. The summed E-state index contributed by atoms with van der Waals surface area (Å²) >= 11 is 0. The van der Waals surface area contributed by atoms with Crippen molar-refractivity contribution in [2.45, 2.75) is 31.3 Å². The van der Waals surface area contributed by atoms with Crippen molar-refractivity contribution >= 4 is 21.6 Å². The van der Waals surface area contributed by atoms with Crippen molar-refractivity contribution in [3.8, 4) is 5.75 Å². The first-order valence-corrected chi connectivity index (χ1v) is 8.36. The van der Waals surface area contributed by atoms with Crippen LogP contribution in [0.25, 0.3) is 0 Å². The normalized spacial score (nSPS) is 16.6. The van der Waals surface area contributed by atoms with Crippen molar-refractivity contribution in [1.82, 2.24) is 4.72 Å². The summed E-state index contributed by atoms with van der Waals surface area (Å²) in [6.45, 7) is 9.18. The number of nitrogens with one attached hydrogen (secondary N) is 1. The first-order chi connectivity index (χ1) is 10.2. The fourth-order valence-corrected chi connectivity index (χ4v) is 3.31. The standard InChI is InChI=1S/C15H20N2O4S/c1-5-8-16-22(19,20)12-6-7-14-13(9-12)17(11(2)18)10-15(3,4)21-14/h5-7,9,16H,1,8,10H2,2-4H3. The number of nitrogens with zero attached hydrogens (tertiary/aromatic N) is 1. The van der Waals surface area contributed by atoms with Crippen LogP contribution in [0.1, 0.15) is 20.8 Å². The van der Waals surface area contributed by atoms with Crippen LogP contribution in [0.4, 0.5) is 5.69 Å². The van der Waals surface area contributed by atoms with E-state index in [-0.39, 0.29) is 17.3 Å². The monoisotopic (exact) mass is 324 g/mol. The van der Waals surface area contributed by atoms with Crippen LogP contribution in [0.5, 0.6) is 5.75 Å². The molecule has 0 saturated heterocycles. The fraction of sp³-hybridized carbons (Fsp3) is 0.400. The number of amides is 1. The number of carbonyl (C=O) groups is 1. The molecule has 22 heavy (non-hydrogen) atoms. The second-order valence-corrected chi connectivity index (χ2v) is 7.50. The Kier molecular flexibility index (Phi) is 4.30. The number of ether oxygens (including phenoxy) is 1. The summed E-state index contributed by atoms with van der Waals surface area (Å²) in [6, 6.07) is 4.50. The van der Waals surface area contributed by atoms with Crippen molar-refractivity contribution in [3.63, 3.8) is 0 Å². The van der Waals surface area contributed by atoms with E-state index in [4.69, 9.17) is 4.74 Å². The average molecular weight is 324 g/mol. The van der Waals surface area contributed by atoms with E-state index < -0.39 is 15.6 Å². The van der Waals surface area contributed by atoms with Gasteiger partial charge in [-0.2, -0.15) is 0 Å². The number of hydrogen-bond donors (Lipinski definition) is 1. The molecule has 0 saturated carbocycles.